The fourth-order valence-corrected chi connectivity index (χ4v) is 2.91. The average Bonchev–Trinajstić information content (AvgIpc) is 3.26. The first kappa shape index (κ1) is 17.5. The molecule has 3 rings (SSSR count). The van der Waals surface area contributed by atoms with Crippen LogP contribution in [0.3, 0.4) is 0 Å². The summed E-state index contributed by atoms with van der Waals surface area (Å²) in [6, 6.07) is 3.70. The highest BCUT2D eigenvalue weighted by atomic mass is 32.1. The van der Waals surface area contributed by atoms with Crippen molar-refractivity contribution in [2.24, 2.45) is 7.05 Å². The van der Waals surface area contributed by atoms with Gasteiger partial charge in [0.1, 0.15) is 5.56 Å². The molecule has 3 heterocycles. The standard InChI is InChI=1S/C16H16N6O3S/c1-22-8-11(15(21-22)25-2)14(24)18-7-13(23)20-16-19-12(9-26-16)10-4-3-5-17-6-10/h3-6,8-9H,7H2,1-2H3,(H,18,24)(H,19,20,23). The lowest BCUT2D eigenvalue weighted by Gasteiger charge is -2.04. The van der Waals surface area contributed by atoms with Crippen molar-refractivity contribution in [3.8, 4) is 17.1 Å². The van der Waals surface area contributed by atoms with Crippen molar-refractivity contribution in [1.29, 1.82) is 0 Å². The van der Waals surface area contributed by atoms with Crippen LogP contribution in [0.15, 0.2) is 36.1 Å². The van der Waals surface area contributed by atoms with Crippen molar-refractivity contribution >= 4 is 28.3 Å². The van der Waals surface area contributed by atoms with E-state index in [1.165, 1.54) is 29.3 Å². The second kappa shape index (κ2) is 7.74. The quantitative estimate of drug-likeness (QED) is 0.675. The summed E-state index contributed by atoms with van der Waals surface area (Å²) < 4.78 is 6.49. The number of methoxy groups -OCH3 is 1. The van der Waals surface area contributed by atoms with E-state index in [0.717, 1.165) is 11.3 Å². The Morgan fingerprint density at radius 3 is 2.96 bits per heavy atom. The van der Waals surface area contributed by atoms with Crippen LogP contribution in [0.1, 0.15) is 10.4 Å². The maximum Gasteiger partial charge on any atom is 0.258 e. The van der Waals surface area contributed by atoms with E-state index in [4.69, 9.17) is 4.74 Å². The summed E-state index contributed by atoms with van der Waals surface area (Å²) in [6.45, 7) is -0.196. The number of rotatable bonds is 6. The van der Waals surface area contributed by atoms with Gasteiger partial charge in [-0.05, 0) is 12.1 Å². The highest BCUT2D eigenvalue weighted by Gasteiger charge is 2.17. The van der Waals surface area contributed by atoms with Crippen LogP contribution in [-0.2, 0) is 11.8 Å². The van der Waals surface area contributed by atoms with Crippen LogP contribution in [0.5, 0.6) is 5.88 Å². The van der Waals surface area contributed by atoms with Crippen molar-refractivity contribution in [3.63, 3.8) is 0 Å². The zero-order chi connectivity index (χ0) is 18.5. The maximum atomic E-state index is 12.1. The van der Waals surface area contributed by atoms with Crippen molar-refractivity contribution in [3.05, 3.63) is 41.7 Å². The van der Waals surface area contributed by atoms with E-state index in [2.05, 4.69) is 25.7 Å². The number of nitrogens with one attached hydrogen (secondary N) is 2. The van der Waals surface area contributed by atoms with E-state index < -0.39 is 5.91 Å². The molecule has 0 saturated heterocycles. The van der Waals surface area contributed by atoms with Gasteiger partial charge < -0.3 is 15.4 Å². The Morgan fingerprint density at radius 1 is 1.38 bits per heavy atom. The van der Waals surface area contributed by atoms with Crippen LogP contribution in [-0.4, -0.2) is 45.2 Å². The molecule has 0 saturated carbocycles. The number of hydrogen-bond acceptors (Lipinski definition) is 7. The van der Waals surface area contributed by atoms with Crippen LogP contribution in [0.2, 0.25) is 0 Å². The molecule has 0 aliphatic heterocycles. The Kier molecular flexibility index (Phi) is 5.23. The topological polar surface area (TPSA) is 111 Å². The summed E-state index contributed by atoms with van der Waals surface area (Å²) in [4.78, 5) is 32.5. The molecule has 0 radical (unpaired) electrons. The van der Waals surface area contributed by atoms with E-state index >= 15 is 0 Å². The number of thiazole rings is 1. The van der Waals surface area contributed by atoms with Crippen molar-refractivity contribution in [2.75, 3.05) is 19.0 Å². The molecule has 2 N–H and O–H groups in total. The van der Waals surface area contributed by atoms with E-state index in [9.17, 15) is 9.59 Å². The minimum atomic E-state index is -0.444. The number of anilines is 1. The monoisotopic (exact) mass is 372 g/mol. The molecule has 0 aromatic carbocycles. The van der Waals surface area contributed by atoms with Gasteiger partial charge >= 0.3 is 0 Å². The highest BCUT2D eigenvalue weighted by Crippen LogP contribution is 2.23. The third-order valence-electron chi connectivity index (χ3n) is 3.35. The van der Waals surface area contributed by atoms with Gasteiger partial charge in [-0.1, -0.05) is 0 Å². The summed E-state index contributed by atoms with van der Waals surface area (Å²) >= 11 is 1.30. The van der Waals surface area contributed by atoms with E-state index in [0.29, 0.717) is 5.13 Å². The summed E-state index contributed by atoms with van der Waals surface area (Å²) in [5.41, 5.74) is 1.85. The molecule has 0 spiro atoms. The lowest BCUT2D eigenvalue weighted by atomic mass is 10.2. The number of carbonyl (C=O) groups excluding carboxylic acids is 2. The van der Waals surface area contributed by atoms with E-state index in [-0.39, 0.29) is 23.9 Å². The van der Waals surface area contributed by atoms with E-state index in [1.807, 2.05) is 17.5 Å². The minimum absolute atomic E-state index is 0.196. The lowest BCUT2D eigenvalue weighted by Crippen LogP contribution is -2.32. The third kappa shape index (κ3) is 4.03. The second-order valence-corrected chi connectivity index (χ2v) is 6.09. The Hall–Kier alpha value is -3.27. The summed E-state index contributed by atoms with van der Waals surface area (Å²) in [6.07, 6.45) is 4.90. The summed E-state index contributed by atoms with van der Waals surface area (Å²) in [5, 5.41) is 11.4. The van der Waals surface area contributed by atoms with Crippen LogP contribution < -0.4 is 15.4 Å². The van der Waals surface area contributed by atoms with Gasteiger partial charge in [-0.3, -0.25) is 19.3 Å². The molecule has 9 nitrogen and oxygen atoms in total. The van der Waals surface area contributed by atoms with Crippen LogP contribution >= 0.6 is 11.3 Å². The van der Waals surface area contributed by atoms with Gasteiger partial charge in [0.25, 0.3) is 5.91 Å². The molecule has 10 heteroatoms. The first-order valence-corrected chi connectivity index (χ1v) is 8.46. The molecule has 26 heavy (non-hydrogen) atoms. The predicted octanol–water partition coefficient (Wildman–Crippen LogP) is 1.32. The highest BCUT2D eigenvalue weighted by molar-refractivity contribution is 7.14. The number of amides is 2. The summed E-state index contributed by atoms with van der Waals surface area (Å²) in [5.74, 6) is -0.625. The van der Waals surface area contributed by atoms with Crippen LogP contribution in [0.4, 0.5) is 5.13 Å². The predicted molar refractivity (Wildman–Crippen MR) is 96.1 cm³/mol. The molecular formula is C16H16N6O3S. The number of carbonyl (C=O) groups is 2. The molecule has 2 amide bonds. The lowest BCUT2D eigenvalue weighted by molar-refractivity contribution is -0.115. The zero-order valence-electron chi connectivity index (χ0n) is 14.1. The normalized spacial score (nSPS) is 10.4. The molecule has 0 aliphatic carbocycles. The first-order chi connectivity index (χ1) is 12.6. The van der Waals surface area contributed by atoms with E-state index in [1.54, 1.807) is 19.4 Å². The van der Waals surface area contributed by atoms with Gasteiger partial charge in [0, 0.05) is 36.6 Å². The number of ether oxygens (including phenoxy) is 1. The van der Waals surface area contributed by atoms with Crippen molar-refractivity contribution in [1.82, 2.24) is 25.1 Å². The van der Waals surface area contributed by atoms with Crippen molar-refractivity contribution < 1.29 is 14.3 Å². The Bertz CT molecular complexity index is 921. The molecule has 0 atom stereocenters. The Balaban J connectivity index is 1.56. The zero-order valence-corrected chi connectivity index (χ0v) is 14.9. The third-order valence-corrected chi connectivity index (χ3v) is 4.11. The van der Waals surface area contributed by atoms with Crippen LogP contribution in [0.25, 0.3) is 11.3 Å². The molecule has 3 aromatic rings. The molecule has 0 aliphatic rings. The minimum Gasteiger partial charge on any atom is -0.479 e. The Morgan fingerprint density at radius 2 is 2.23 bits per heavy atom. The number of aromatic nitrogens is 4. The first-order valence-electron chi connectivity index (χ1n) is 7.58. The molecule has 134 valence electrons. The van der Waals surface area contributed by atoms with Gasteiger partial charge in [0.2, 0.25) is 11.8 Å². The second-order valence-electron chi connectivity index (χ2n) is 5.24. The number of nitrogens with zero attached hydrogens (tertiary/aromatic N) is 4. The van der Waals surface area contributed by atoms with Gasteiger partial charge in [0.05, 0.1) is 19.3 Å². The molecular weight excluding hydrogens is 356 g/mol. The SMILES string of the molecule is COc1nn(C)cc1C(=O)NCC(=O)Nc1nc(-c2cccnc2)cs1. The smallest absolute Gasteiger partial charge is 0.258 e. The fourth-order valence-electron chi connectivity index (χ4n) is 2.17. The number of hydrogen-bond donors (Lipinski definition) is 2. The fraction of sp³-hybridized carbons (Fsp3) is 0.188. The number of pyridine rings is 1. The Labute approximate surface area is 153 Å². The van der Waals surface area contributed by atoms with Gasteiger partial charge in [-0.2, -0.15) is 0 Å². The van der Waals surface area contributed by atoms with Crippen molar-refractivity contribution in [2.45, 2.75) is 0 Å². The van der Waals surface area contributed by atoms with Crippen LogP contribution in [0, 0.1) is 0 Å². The molecule has 3 aromatic heterocycles. The molecule has 0 fully saturated rings. The summed E-state index contributed by atoms with van der Waals surface area (Å²) in [7, 11) is 3.10. The molecule has 0 unspecified atom stereocenters. The molecule has 0 bridgehead atoms. The maximum absolute atomic E-state index is 12.1. The van der Waals surface area contributed by atoms with Gasteiger partial charge in [-0.25, -0.2) is 4.98 Å². The average molecular weight is 372 g/mol. The number of aryl methyl sites for hydroxylation is 1. The van der Waals surface area contributed by atoms with Gasteiger partial charge in [0.15, 0.2) is 5.13 Å². The van der Waals surface area contributed by atoms with Gasteiger partial charge in [-0.15, -0.1) is 16.4 Å². The largest absolute Gasteiger partial charge is 0.479 e.